The Bertz CT molecular complexity index is 415. The molecule has 0 fully saturated rings. The zero-order chi connectivity index (χ0) is 13.7. The summed E-state index contributed by atoms with van der Waals surface area (Å²) < 4.78 is 0. The van der Waals surface area contributed by atoms with E-state index in [-0.39, 0.29) is 11.8 Å². The van der Waals surface area contributed by atoms with Gasteiger partial charge in [-0.1, -0.05) is 33.3 Å². The van der Waals surface area contributed by atoms with Crippen LogP contribution in [0.25, 0.3) is 0 Å². The van der Waals surface area contributed by atoms with Crippen LogP contribution in [0.2, 0.25) is 0 Å². The number of hydrogen-bond donors (Lipinski definition) is 2. The first kappa shape index (κ1) is 14.7. The molecule has 0 heterocycles. The maximum atomic E-state index is 12.0. The van der Waals surface area contributed by atoms with Gasteiger partial charge in [0.15, 0.2) is 0 Å². The Kier molecular flexibility index (Phi) is 5.35. The second-order valence-corrected chi connectivity index (χ2v) is 4.90. The molecule has 3 heteroatoms. The van der Waals surface area contributed by atoms with E-state index < -0.39 is 6.04 Å². The normalized spacial score (nSPS) is 14.1. The third-order valence-corrected chi connectivity index (χ3v) is 3.56. The van der Waals surface area contributed by atoms with Crippen molar-refractivity contribution in [2.75, 3.05) is 5.32 Å². The van der Waals surface area contributed by atoms with Gasteiger partial charge in [0.05, 0.1) is 6.04 Å². The number of amides is 1. The molecule has 100 valence electrons. The van der Waals surface area contributed by atoms with Gasteiger partial charge >= 0.3 is 0 Å². The highest BCUT2D eigenvalue weighted by Gasteiger charge is 2.19. The third kappa shape index (κ3) is 3.57. The minimum atomic E-state index is -0.443. The van der Waals surface area contributed by atoms with Gasteiger partial charge in [-0.2, -0.15) is 0 Å². The van der Waals surface area contributed by atoms with E-state index in [0.717, 1.165) is 18.5 Å². The molecule has 1 amide bonds. The minimum Gasteiger partial charge on any atom is -0.325 e. The van der Waals surface area contributed by atoms with Crippen LogP contribution < -0.4 is 11.1 Å². The lowest BCUT2D eigenvalue weighted by molar-refractivity contribution is -0.118. The van der Waals surface area contributed by atoms with Gasteiger partial charge in [-0.05, 0) is 42.5 Å². The van der Waals surface area contributed by atoms with E-state index in [9.17, 15) is 4.79 Å². The van der Waals surface area contributed by atoms with Crippen molar-refractivity contribution in [2.24, 2.45) is 11.7 Å². The molecule has 0 spiro atoms. The van der Waals surface area contributed by atoms with Crippen molar-refractivity contribution >= 4 is 11.6 Å². The van der Waals surface area contributed by atoms with E-state index in [0.29, 0.717) is 0 Å². The lowest BCUT2D eigenvalue weighted by atomic mass is 9.99. The summed E-state index contributed by atoms with van der Waals surface area (Å²) in [5.41, 5.74) is 9.25. The Morgan fingerprint density at radius 3 is 2.61 bits per heavy atom. The molecule has 1 aromatic rings. The van der Waals surface area contributed by atoms with E-state index in [1.807, 2.05) is 32.0 Å². The van der Waals surface area contributed by atoms with Crippen molar-refractivity contribution in [2.45, 2.75) is 46.6 Å². The van der Waals surface area contributed by atoms with Gasteiger partial charge in [0.25, 0.3) is 0 Å². The summed E-state index contributed by atoms with van der Waals surface area (Å²) >= 11 is 0. The maximum absolute atomic E-state index is 12.0. The van der Waals surface area contributed by atoms with Crippen LogP contribution in [0.15, 0.2) is 18.2 Å². The Labute approximate surface area is 110 Å². The number of hydrogen-bond acceptors (Lipinski definition) is 2. The average Bonchev–Trinajstić information content (AvgIpc) is 2.38. The van der Waals surface area contributed by atoms with Gasteiger partial charge in [0, 0.05) is 5.69 Å². The summed E-state index contributed by atoms with van der Waals surface area (Å²) in [4.78, 5) is 12.0. The molecule has 0 aliphatic carbocycles. The van der Waals surface area contributed by atoms with Crippen molar-refractivity contribution in [3.8, 4) is 0 Å². The molecule has 0 saturated heterocycles. The number of carbonyl (C=O) groups excluding carboxylic acids is 1. The van der Waals surface area contributed by atoms with E-state index in [1.54, 1.807) is 0 Å². The van der Waals surface area contributed by atoms with Crippen LogP contribution in [-0.4, -0.2) is 11.9 Å². The third-order valence-electron chi connectivity index (χ3n) is 3.56. The number of rotatable bonds is 5. The highest BCUT2D eigenvalue weighted by atomic mass is 16.2. The van der Waals surface area contributed by atoms with Crippen LogP contribution in [0.4, 0.5) is 5.69 Å². The summed E-state index contributed by atoms with van der Waals surface area (Å²) in [7, 11) is 0. The first-order valence-electron chi connectivity index (χ1n) is 6.65. The predicted octanol–water partition coefficient (Wildman–Crippen LogP) is 2.87. The average molecular weight is 248 g/mol. The second-order valence-electron chi connectivity index (χ2n) is 4.90. The fourth-order valence-electron chi connectivity index (χ4n) is 1.87. The Morgan fingerprint density at radius 1 is 1.39 bits per heavy atom. The minimum absolute atomic E-state index is 0.102. The topological polar surface area (TPSA) is 55.1 Å². The number of aryl methyl sites for hydroxylation is 2. The number of carbonyl (C=O) groups is 1. The van der Waals surface area contributed by atoms with Gasteiger partial charge in [0.2, 0.25) is 5.91 Å². The molecule has 0 aliphatic heterocycles. The van der Waals surface area contributed by atoms with E-state index >= 15 is 0 Å². The van der Waals surface area contributed by atoms with Crippen molar-refractivity contribution in [3.05, 3.63) is 29.3 Å². The Morgan fingerprint density at radius 2 is 2.06 bits per heavy atom. The van der Waals surface area contributed by atoms with E-state index in [2.05, 4.69) is 19.2 Å². The van der Waals surface area contributed by atoms with E-state index in [1.165, 1.54) is 11.1 Å². The number of anilines is 1. The fourth-order valence-corrected chi connectivity index (χ4v) is 1.87. The monoisotopic (exact) mass is 248 g/mol. The van der Waals surface area contributed by atoms with Crippen LogP contribution in [-0.2, 0) is 11.2 Å². The molecule has 0 bridgehead atoms. The largest absolute Gasteiger partial charge is 0.325 e. The number of benzene rings is 1. The molecule has 3 nitrogen and oxygen atoms in total. The number of nitrogens with one attached hydrogen (secondary N) is 1. The van der Waals surface area contributed by atoms with Gasteiger partial charge in [-0.3, -0.25) is 4.79 Å². The maximum Gasteiger partial charge on any atom is 0.241 e. The molecule has 1 rings (SSSR count). The Balaban J connectivity index is 2.76. The summed E-state index contributed by atoms with van der Waals surface area (Å²) in [6.07, 6.45) is 1.87. The van der Waals surface area contributed by atoms with Crippen LogP contribution in [0.1, 0.15) is 38.3 Å². The smallest absolute Gasteiger partial charge is 0.241 e. The fraction of sp³-hybridized carbons (Fsp3) is 0.533. The summed E-state index contributed by atoms with van der Waals surface area (Å²) in [6.45, 7) is 8.23. The SMILES string of the molecule is CCc1cc(NC(=O)C(N)C(C)CC)ccc1C. The first-order chi connectivity index (χ1) is 8.49. The van der Waals surface area contributed by atoms with Gasteiger partial charge < -0.3 is 11.1 Å². The molecular formula is C15H24N2O. The van der Waals surface area contributed by atoms with Crippen molar-refractivity contribution in [1.82, 2.24) is 0 Å². The highest BCUT2D eigenvalue weighted by molar-refractivity contribution is 5.94. The first-order valence-corrected chi connectivity index (χ1v) is 6.65. The van der Waals surface area contributed by atoms with Crippen molar-refractivity contribution in [3.63, 3.8) is 0 Å². The molecule has 0 radical (unpaired) electrons. The molecule has 0 saturated carbocycles. The van der Waals surface area contributed by atoms with Crippen LogP contribution in [0.3, 0.4) is 0 Å². The summed E-state index contributed by atoms with van der Waals surface area (Å²) in [5, 5.41) is 2.89. The molecular weight excluding hydrogens is 224 g/mol. The highest BCUT2D eigenvalue weighted by Crippen LogP contribution is 2.16. The summed E-state index contributed by atoms with van der Waals surface area (Å²) in [6, 6.07) is 5.54. The molecule has 0 aromatic heterocycles. The number of nitrogens with two attached hydrogens (primary N) is 1. The molecule has 3 N–H and O–H groups in total. The van der Waals surface area contributed by atoms with Gasteiger partial charge in [-0.25, -0.2) is 0 Å². The molecule has 0 aliphatic rings. The van der Waals surface area contributed by atoms with Crippen LogP contribution in [0.5, 0.6) is 0 Å². The van der Waals surface area contributed by atoms with Gasteiger partial charge in [-0.15, -0.1) is 0 Å². The molecule has 2 unspecified atom stereocenters. The predicted molar refractivity (Wildman–Crippen MR) is 76.6 cm³/mol. The van der Waals surface area contributed by atoms with Crippen molar-refractivity contribution < 1.29 is 4.79 Å². The van der Waals surface area contributed by atoms with E-state index in [4.69, 9.17) is 5.73 Å². The quantitative estimate of drug-likeness (QED) is 0.842. The molecule has 1 aromatic carbocycles. The molecule has 18 heavy (non-hydrogen) atoms. The standard InChI is InChI=1S/C15H24N2O/c1-5-10(3)14(16)15(18)17-13-8-7-11(4)12(6-2)9-13/h7-10,14H,5-6,16H2,1-4H3,(H,17,18). The Hall–Kier alpha value is -1.35. The van der Waals surface area contributed by atoms with Crippen LogP contribution >= 0.6 is 0 Å². The zero-order valence-corrected chi connectivity index (χ0v) is 11.8. The lowest BCUT2D eigenvalue weighted by Gasteiger charge is -2.18. The second kappa shape index (κ2) is 6.55. The van der Waals surface area contributed by atoms with Gasteiger partial charge in [0.1, 0.15) is 0 Å². The molecule has 2 atom stereocenters. The zero-order valence-electron chi connectivity index (χ0n) is 11.8. The lowest BCUT2D eigenvalue weighted by Crippen LogP contribution is -2.40. The van der Waals surface area contributed by atoms with Crippen LogP contribution in [0, 0.1) is 12.8 Å². The summed E-state index contributed by atoms with van der Waals surface area (Å²) in [5.74, 6) is 0.0938. The van der Waals surface area contributed by atoms with Crippen molar-refractivity contribution in [1.29, 1.82) is 0 Å².